The van der Waals surface area contributed by atoms with Crippen LogP contribution in [0.5, 0.6) is 0 Å². The zero-order chi connectivity index (χ0) is 22.7. The molecule has 2 heterocycles. The van der Waals surface area contributed by atoms with E-state index >= 15 is 0 Å². The molecule has 10 heteroatoms. The van der Waals surface area contributed by atoms with Crippen molar-refractivity contribution in [3.05, 3.63) is 76.3 Å². The van der Waals surface area contributed by atoms with E-state index in [2.05, 4.69) is 10.3 Å². The van der Waals surface area contributed by atoms with E-state index in [0.29, 0.717) is 19.5 Å². The third-order valence-corrected chi connectivity index (χ3v) is 7.64. The average Bonchev–Trinajstić information content (AvgIpc) is 3.27. The van der Waals surface area contributed by atoms with E-state index in [1.807, 2.05) is 24.3 Å². The molecule has 2 aromatic carbocycles. The molecule has 0 saturated heterocycles. The molecule has 0 radical (unpaired) electrons. The summed E-state index contributed by atoms with van der Waals surface area (Å²) < 4.78 is 32.7. The molecule has 166 valence electrons. The summed E-state index contributed by atoms with van der Waals surface area (Å²) >= 11 is 1.08. The van der Waals surface area contributed by atoms with Gasteiger partial charge in [-0.05, 0) is 42.7 Å². The third kappa shape index (κ3) is 4.57. The largest absolute Gasteiger partial charge is 0.461 e. The first kappa shape index (κ1) is 22.1. The Morgan fingerprint density at radius 1 is 1.16 bits per heavy atom. The molecule has 4 rings (SSSR count). The van der Waals surface area contributed by atoms with Crippen LogP contribution in [0.25, 0.3) is 0 Å². The Hall–Kier alpha value is -3.08. The number of ether oxygens (including phenoxy) is 1. The minimum Gasteiger partial charge on any atom is -0.461 e. The number of esters is 1. The van der Waals surface area contributed by atoms with Crippen molar-refractivity contribution < 1.29 is 22.7 Å². The Bertz CT molecular complexity index is 1270. The van der Waals surface area contributed by atoms with Crippen LogP contribution in [0.1, 0.15) is 38.9 Å². The zero-order valence-electron chi connectivity index (χ0n) is 17.3. The molecule has 0 spiro atoms. The van der Waals surface area contributed by atoms with E-state index in [0.717, 1.165) is 22.5 Å². The lowest BCUT2D eigenvalue weighted by Crippen LogP contribution is -2.36. The third-order valence-electron chi connectivity index (χ3n) is 5.04. The van der Waals surface area contributed by atoms with Crippen LogP contribution in [-0.2, 0) is 27.7 Å². The summed E-state index contributed by atoms with van der Waals surface area (Å²) in [5.74, 6) is -1.09. The highest BCUT2D eigenvalue weighted by Gasteiger charge is 2.28. The van der Waals surface area contributed by atoms with Gasteiger partial charge in [-0.1, -0.05) is 30.3 Å². The van der Waals surface area contributed by atoms with Gasteiger partial charge >= 0.3 is 5.97 Å². The molecule has 8 nitrogen and oxygen atoms in total. The Morgan fingerprint density at radius 3 is 2.72 bits per heavy atom. The molecule has 1 amide bonds. The molecular weight excluding hydrogens is 450 g/mol. The van der Waals surface area contributed by atoms with E-state index in [9.17, 15) is 18.0 Å². The van der Waals surface area contributed by atoms with Gasteiger partial charge in [-0.25, -0.2) is 18.2 Å². The normalized spacial score (nSPS) is 13.9. The van der Waals surface area contributed by atoms with Crippen molar-refractivity contribution in [2.45, 2.75) is 24.8 Å². The molecule has 0 atom stereocenters. The second-order valence-corrected chi connectivity index (χ2v) is 9.89. The minimum absolute atomic E-state index is 0.0517. The predicted octanol–water partition coefficient (Wildman–Crippen LogP) is 3.32. The predicted molar refractivity (Wildman–Crippen MR) is 120 cm³/mol. The van der Waals surface area contributed by atoms with Gasteiger partial charge in [0, 0.05) is 24.0 Å². The summed E-state index contributed by atoms with van der Waals surface area (Å²) in [6.45, 7) is 2.59. The van der Waals surface area contributed by atoms with E-state index in [1.165, 1.54) is 34.0 Å². The lowest BCUT2D eigenvalue weighted by Gasteiger charge is -2.28. The van der Waals surface area contributed by atoms with Crippen LogP contribution in [-0.4, -0.2) is 42.7 Å². The summed E-state index contributed by atoms with van der Waals surface area (Å²) in [4.78, 5) is 28.5. The number of sulfonamides is 1. The number of nitrogens with zero attached hydrogens (tertiary/aromatic N) is 2. The number of nitrogens with one attached hydrogen (secondary N) is 1. The van der Waals surface area contributed by atoms with Crippen LogP contribution >= 0.6 is 11.3 Å². The number of hydrogen-bond acceptors (Lipinski definition) is 7. The van der Waals surface area contributed by atoms with Crippen molar-refractivity contribution in [3.63, 3.8) is 0 Å². The number of anilines is 1. The Balaban J connectivity index is 1.51. The van der Waals surface area contributed by atoms with Crippen molar-refractivity contribution in [2.24, 2.45) is 0 Å². The van der Waals surface area contributed by atoms with Gasteiger partial charge in [0.05, 0.1) is 11.5 Å². The molecule has 1 aromatic heterocycles. The lowest BCUT2D eigenvalue weighted by molar-refractivity contribution is 0.0520. The van der Waals surface area contributed by atoms with Gasteiger partial charge in [0.2, 0.25) is 10.0 Å². The highest BCUT2D eigenvalue weighted by atomic mass is 32.2. The van der Waals surface area contributed by atoms with Gasteiger partial charge in [-0.15, -0.1) is 11.3 Å². The van der Waals surface area contributed by atoms with Gasteiger partial charge in [-0.2, -0.15) is 4.31 Å². The molecule has 0 unspecified atom stereocenters. The van der Waals surface area contributed by atoms with E-state index in [4.69, 9.17) is 4.74 Å². The summed E-state index contributed by atoms with van der Waals surface area (Å²) in [6, 6.07) is 13.7. The van der Waals surface area contributed by atoms with Crippen molar-refractivity contribution in [1.29, 1.82) is 0 Å². The maximum absolute atomic E-state index is 13.2. The van der Waals surface area contributed by atoms with Crippen LogP contribution in [0, 0.1) is 0 Å². The minimum atomic E-state index is -3.77. The molecule has 0 aliphatic carbocycles. The summed E-state index contributed by atoms with van der Waals surface area (Å²) in [7, 11) is -3.77. The lowest BCUT2D eigenvalue weighted by atomic mass is 10.0. The van der Waals surface area contributed by atoms with Gasteiger partial charge in [0.15, 0.2) is 10.8 Å². The summed E-state index contributed by atoms with van der Waals surface area (Å²) in [5, 5.41) is 4.31. The molecule has 1 aliphatic heterocycles. The van der Waals surface area contributed by atoms with Gasteiger partial charge in [0.25, 0.3) is 5.91 Å². The SMILES string of the molecule is CCOC(=O)c1csc(NC(=O)c2cccc(S(=O)(=O)N3CCc4ccccc4C3)c2)n1. The first-order valence-electron chi connectivity index (χ1n) is 9.99. The number of aromatic nitrogens is 1. The fraction of sp³-hybridized carbons (Fsp3) is 0.227. The summed E-state index contributed by atoms with van der Waals surface area (Å²) in [5.41, 5.74) is 2.42. The number of fused-ring (bicyclic) bond motifs is 1. The first-order chi connectivity index (χ1) is 15.4. The second-order valence-electron chi connectivity index (χ2n) is 7.10. The highest BCUT2D eigenvalue weighted by Crippen LogP contribution is 2.26. The molecule has 0 fully saturated rings. The zero-order valence-corrected chi connectivity index (χ0v) is 18.9. The van der Waals surface area contributed by atoms with Crippen molar-refractivity contribution in [1.82, 2.24) is 9.29 Å². The van der Waals surface area contributed by atoms with Crippen molar-refractivity contribution in [3.8, 4) is 0 Å². The van der Waals surface area contributed by atoms with Crippen molar-refractivity contribution in [2.75, 3.05) is 18.5 Å². The number of amides is 1. The Kier molecular flexibility index (Phi) is 6.35. The number of rotatable bonds is 6. The van der Waals surface area contributed by atoms with Crippen LogP contribution in [0.2, 0.25) is 0 Å². The molecular formula is C22H21N3O5S2. The number of hydrogen-bond donors (Lipinski definition) is 1. The molecule has 0 saturated carbocycles. The van der Waals surface area contributed by atoms with E-state index in [-0.39, 0.29) is 27.9 Å². The monoisotopic (exact) mass is 471 g/mol. The fourth-order valence-electron chi connectivity index (χ4n) is 3.42. The summed E-state index contributed by atoms with van der Waals surface area (Å²) in [6.07, 6.45) is 0.641. The van der Waals surface area contributed by atoms with Crippen LogP contribution < -0.4 is 5.32 Å². The Labute approximate surface area is 189 Å². The maximum Gasteiger partial charge on any atom is 0.357 e. The molecule has 3 aromatic rings. The average molecular weight is 472 g/mol. The van der Waals surface area contributed by atoms with Crippen molar-refractivity contribution >= 4 is 38.4 Å². The quantitative estimate of drug-likeness (QED) is 0.553. The number of benzene rings is 2. The van der Waals surface area contributed by atoms with E-state index in [1.54, 1.807) is 6.92 Å². The highest BCUT2D eigenvalue weighted by molar-refractivity contribution is 7.89. The number of carbonyl (C=O) groups excluding carboxylic acids is 2. The fourth-order valence-corrected chi connectivity index (χ4v) is 5.56. The molecule has 32 heavy (non-hydrogen) atoms. The second kappa shape index (κ2) is 9.19. The Morgan fingerprint density at radius 2 is 1.94 bits per heavy atom. The number of thiazole rings is 1. The smallest absolute Gasteiger partial charge is 0.357 e. The standard InChI is InChI=1S/C22H21N3O5S2/c1-2-30-21(27)19-14-31-22(23-19)24-20(26)16-8-5-9-18(12-16)32(28,29)25-11-10-15-6-3-4-7-17(15)13-25/h3-9,12,14H,2,10-11,13H2,1H3,(H,23,24,26). The number of carbonyl (C=O) groups is 2. The van der Waals surface area contributed by atoms with Gasteiger partial charge in [-0.3, -0.25) is 10.1 Å². The molecule has 1 aliphatic rings. The van der Waals surface area contributed by atoms with E-state index < -0.39 is 21.9 Å². The topological polar surface area (TPSA) is 106 Å². The van der Waals surface area contributed by atoms with Gasteiger partial charge < -0.3 is 4.74 Å². The molecule has 0 bridgehead atoms. The molecule has 1 N–H and O–H groups in total. The van der Waals surface area contributed by atoms with Crippen LogP contribution in [0.15, 0.2) is 58.8 Å². The maximum atomic E-state index is 13.2. The van der Waals surface area contributed by atoms with Crippen LogP contribution in [0.4, 0.5) is 5.13 Å². The first-order valence-corrected chi connectivity index (χ1v) is 12.3. The van der Waals surface area contributed by atoms with Crippen LogP contribution in [0.3, 0.4) is 0 Å². The van der Waals surface area contributed by atoms with Gasteiger partial charge in [0.1, 0.15) is 0 Å².